The summed E-state index contributed by atoms with van der Waals surface area (Å²) in [6, 6.07) is 5.90. The Morgan fingerprint density at radius 1 is 1.32 bits per heavy atom. The first kappa shape index (κ1) is 14.4. The van der Waals surface area contributed by atoms with Crippen LogP contribution in [0.5, 0.6) is 0 Å². The zero-order valence-electron chi connectivity index (χ0n) is 12.4. The summed E-state index contributed by atoms with van der Waals surface area (Å²) < 4.78 is 2.03. The van der Waals surface area contributed by atoms with E-state index in [2.05, 4.69) is 27.3 Å². The molecule has 3 heterocycles. The number of amides is 2. The third-order valence-electron chi connectivity index (χ3n) is 3.80. The van der Waals surface area contributed by atoms with Crippen molar-refractivity contribution in [3.05, 3.63) is 36.3 Å². The monoisotopic (exact) mass is 297 g/mol. The molecule has 0 saturated carbocycles. The average Bonchev–Trinajstić information content (AvgIpc) is 2.95. The molecule has 6 nitrogen and oxygen atoms in total. The first-order valence-corrected chi connectivity index (χ1v) is 7.37. The highest BCUT2D eigenvalue weighted by Gasteiger charge is 2.21. The van der Waals surface area contributed by atoms with Gasteiger partial charge in [-0.15, -0.1) is 6.42 Å². The number of aromatic nitrogens is 2. The third kappa shape index (κ3) is 3.21. The van der Waals surface area contributed by atoms with Crippen molar-refractivity contribution in [3.8, 4) is 12.3 Å². The van der Waals surface area contributed by atoms with Crippen LogP contribution in [0.2, 0.25) is 0 Å². The van der Waals surface area contributed by atoms with Gasteiger partial charge in [0.2, 0.25) is 0 Å². The average molecular weight is 297 g/mol. The molecule has 2 aromatic rings. The highest BCUT2D eigenvalue weighted by Crippen LogP contribution is 2.10. The van der Waals surface area contributed by atoms with Crippen molar-refractivity contribution in [2.75, 3.05) is 32.7 Å². The zero-order chi connectivity index (χ0) is 15.4. The Morgan fingerprint density at radius 3 is 2.86 bits per heavy atom. The Balaban J connectivity index is 1.53. The third-order valence-corrected chi connectivity index (χ3v) is 3.80. The van der Waals surface area contributed by atoms with Crippen LogP contribution in [-0.2, 0) is 6.54 Å². The largest absolute Gasteiger partial charge is 0.327 e. The standard InChI is InChI=1S/C16H19N5O/c1-2-6-17-16(22)20-10-8-19(9-11-20)12-14-13-21-7-4-3-5-15(21)18-14/h1,3-5,7,13H,6,8-12H2,(H,17,22). The fraction of sp³-hybridized carbons (Fsp3) is 0.375. The van der Waals surface area contributed by atoms with Crippen molar-refractivity contribution >= 4 is 11.7 Å². The van der Waals surface area contributed by atoms with Crippen molar-refractivity contribution in [2.24, 2.45) is 0 Å². The molecule has 0 atom stereocenters. The molecule has 0 aliphatic carbocycles. The topological polar surface area (TPSA) is 52.9 Å². The maximum atomic E-state index is 11.8. The fourth-order valence-electron chi connectivity index (χ4n) is 2.64. The highest BCUT2D eigenvalue weighted by atomic mass is 16.2. The van der Waals surface area contributed by atoms with Gasteiger partial charge in [-0.3, -0.25) is 4.90 Å². The summed E-state index contributed by atoms with van der Waals surface area (Å²) in [6.45, 7) is 4.20. The van der Waals surface area contributed by atoms with Crippen LogP contribution in [0.3, 0.4) is 0 Å². The number of rotatable bonds is 3. The molecule has 2 amide bonds. The molecule has 2 aromatic heterocycles. The molecule has 0 aromatic carbocycles. The van der Waals surface area contributed by atoms with Crippen LogP contribution in [-0.4, -0.2) is 57.9 Å². The number of terminal acetylenes is 1. The summed E-state index contributed by atoms with van der Waals surface area (Å²) >= 11 is 0. The van der Waals surface area contributed by atoms with Crippen molar-refractivity contribution in [3.63, 3.8) is 0 Å². The van der Waals surface area contributed by atoms with Crippen LogP contribution >= 0.6 is 0 Å². The van der Waals surface area contributed by atoms with Gasteiger partial charge in [0.25, 0.3) is 0 Å². The van der Waals surface area contributed by atoms with Gasteiger partial charge in [0.05, 0.1) is 12.2 Å². The van der Waals surface area contributed by atoms with E-state index in [9.17, 15) is 4.79 Å². The van der Waals surface area contributed by atoms with Crippen LogP contribution in [0.25, 0.3) is 5.65 Å². The lowest BCUT2D eigenvalue weighted by Crippen LogP contribution is -2.51. The maximum absolute atomic E-state index is 11.8. The number of nitrogens with zero attached hydrogens (tertiary/aromatic N) is 4. The van der Waals surface area contributed by atoms with Crippen LogP contribution < -0.4 is 5.32 Å². The second-order valence-electron chi connectivity index (χ2n) is 5.32. The minimum Gasteiger partial charge on any atom is -0.327 e. The second kappa shape index (κ2) is 6.50. The summed E-state index contributed by atoms with van der Waals surface area (Å²) in [4.78, 5) is 20.5. The number of nitrogens with one attached hydrogen (secondary N) is 1. The van der Waals surface area contributed by atoms with Gasteiger partial charge >= 0.3 is 6.03 Å². The highest BCUT2D eigenvalue weighted by molar-refractivity contribution is 5.74. The number of fused-ring (bicyclic) bond motifs is 1. The Labute approximate surface area is 129 Å². The van der Waals surface area contributed by atoms with E-state index in [-0.39, 0.29) is 12.6 Å². The van der Waals surface area contributed by atoms with Gasteiger partial charge in [0.15, 0.2) is 0 Å². The lowest BCUT2D eigenvalue weighted by molar-refractivity contribution is 0.135. The van der Waals surface area contributed by atoms with Crippen molar-refractivity contribution < 1.29 is 4.79 Å². The Kier molecular flexibility index (Phi) is 4.26. The fourth-order valence-corrected chi connectivity index (χ4v) is 2.64. The second-order valence-corrected chi connectivity index (χ2v) is 5.32. The van der Waals surface area contributed by atoms with Crippen molar-refractivity contribution in [2.45, 2.75) is 6.54 Å². The van der Waals surface area contributed by atoms with Gasteiger partial charge in [-0.25, -0.2) is 9.78 Å². The Morgan fingerprint density at radius 2 is 2.14 bits per heavy atom. The minimum atomic E-state index is -0.0784. The van der Waals surface area contributed by atoms with Crippen molar-refractivity contribution in [1.82, 2.24) is 24.5 Å². The molecule has 1 aliphatic rings. The SMILES string of the molecule is C#CCNC(=O)N1CCN(Cc2cn3ccccc3n2)CC1. The molecule has 0 bridgehead atoms. The van der Waals surface area contributed by atoms with Crippen molar-refractivity contribution in [1.29, 1.82) is 0 Å². The number of hydrogen-bond donors (Lipinski definition) is 1. The van der Waals surface area contributed by atoms with Gasteiger partial charge in [-0.05, 0) is 12.1 Å². The van der Waals surface area contributed by atoms with Crippen LogP contribution in [0, 0.1) is 12.3 Å². The number of carbonyl (C=O) groups is 1. The molecule has 22 heavy (non-hydrogen) atoms. The summed E-state index contributed by atoms with van der Waals surface area (Å²) in [6.07, 6.45) is 9.20. The van der Waals surface area contributed by atoms with E-state index in [1.54, 1.807) is 4.90 Å². The Bertz CT molecular complexity index is 661. The van der Waals surface area contributed by atoms with E-state index in [4.69, 9.17) is 6.42 Å². The summed E-state index contributed by atoms with van der Waals surface area (Å²) in [5.41, 5.74) is 2.02. The molecule has 114 valence electrons. The molecule has 1 fully saturated rings. The maximum Gasteiger partial charge on any atom is 0.318 e. The van der Waals surface area contributed by atoms with Gasteiger partial charge < -0.3 is 14.6 Å². The predicted molar refractivity (Wildman–Crippen MR) is 84.3 cm³/mol. The number of urea groups is 1. The van der Waals surface area contributed by atoms with Crippen LogP contribution in [0.1, 0.15) is 5.69 Å². The molecule has 0 unspecified atom stereocenters. The number of pyridine rings is 1. The lowest BCUT2D eigenvalue weighted by atomic mass is 10.3. The summed E-state index contributed by atoms with van der Waals surface area (Å²) in [5, 5.41) is 2.70. The number of piperazine rings is 1. The first-order valence-electron chi connectivity index (χ1n) is 7.37. The molecule has 1 saturated heterocycles. The summed E-state index contributed by atoms with van der Waals surface area (Å²) in [7, 11) is 0. The smallest absolute Gasteiger partial charge is 0.318 e. The molecule has 1 aliphatic heterocycles. The van der Waals surface area contributed by atoms with E-state index in [1.165, 1.54) is 0 Å². The summed E-state index contributed by atoms with van der Waals surface area (Å²) in [5.74, 6) is 2.41. The minimum absolute atomic E-state index is 0.0784. The van der Waals surface area contributed by atoms with Gasteiger partial charge in [0.1, 0.15) is 5.65 Å². The van der Waals surface area contributed by atoms with Gasteiger partial charge in [-0.2, -0.15) is 0 Å². The molecule has 1 N–H and O–H groups in total. The molecule has 6 heteroatoms. The number of carbonyl (C=O) groups excluding carboxylic acids is 1. The normalized spacial score (nSPS) is 15.7. The molecular formula is C16H19N5O. The van der Waals surface area contributed by atoms with E-state index in [0.717, 1.165) is 31.0 Å². The van der Waals surface area contributed by atoms with Gasteiger partial charge in [0, 0.05) is 45.1 Å². The first-order chi connectivity index (χ1) is 10.8. The lowest BCUT2D eigenvalue weighted by Gasteiger charge is -2.34. The quantitative estimate of drug-likeness (QED) is 0.853. The molecule has 0 radical (unpaired) electrons. The van der Waals surface area contributed by atoms with E-state index < -0.39 is 0 Å². The molecular weight excluding hydrogens is 278 g/mol. The van der Waals surface area contributed by atoms with E-state index in [1.807, 2.05) is 28.8 Å². The van der Waals surface area contributed by atoms with Gasteiger partial charge in [-0.1, -0.05) is 12.0 Å². The van der Waals surface area contributed by atoms with E-state index >= 15 is 0 Å². The number of hydrogen-bond acceptors (Lipinski definition) is 3. The van der Waals surface area contributed by atoms with Crippen LogP contribution in [0.4, 0.5) is 4.79 Å². The number of imidazole rings is 1. The predicted octanol–water partition coefficient (Wildman–Crippen LogP) is 0.795. The molecule has 3 rings (SSSR count). The Hall–Kier alpha value is -2.52. The molecule has 0 spiro atoms. The van der Waals surface area contributed by atoms with E-state index in [0.29, 0.717) is 13.1 Å². The zero-order valence-corrected chi connectivity index (χ0v) is 12.4. The van der Waals surface area contributed by atoms with Crippen LogP contribution in [0.15, 0.2) is 30.6 Å².